The number of benzene rings is 1. The van der Waals surface area contributed by atoms with Crippen molar-refractivity contribution in [1.82, 2.24) is 20.0 Å². The molecule has 0 radical (unpaired) electrons. The summed E-state index contributed by atoms with van der Waals surface area (Å²) in [6.45, 7) is 5.59. The summed E-state index contributed by atoms with van der Waals surface area (Å²) in [7, 11) is 0. The normalized spacial score (nSPS) is 16.7. The van der Waals surface area contributed by atoms with E-state index >= 15 is 0 Å². The van der Waals surface area contributed by atoms with Crippen molar-refractivity contribution in [3.05, 3.63) is 53.9 Å². The van der Waals surface area contributed by atoms with Gasteiger partial charge in [-0.2, -0.15) is 5.10 Å². The summed E-state index contributed by atoms with van der Waals surface area (Å²) in [6, 6.07) is 12.5. The van der Waals surface area contributed by atoms with Crippen LogP contribution in [0, 0.1) is 0 Å². The molecular weight excluding hydrogens is 300 g/mol. The van der Waals surface area contributed by atoms with Crippen molar-refractivity contribution in [1.29, 1.82) is 0 Å². The molecule has 2 heterocycles. The summed E-state index contributed by atoms with van der Waals surface area (Å²) < 4.78 is 1.77. The Hall–Kier alpha value is -2.14. The van der Waals surface area contributed by atoms with E-state index in [1.807, 2.05) is 19.2 Å². The molecule has 1 amide bonds. The lowest BCUT2D eigenvalue weighted by atomic mass is 10.0. The van der Waals surface area contributed by atoms with Crippen molar-refractivity contribution in [3.63, 3.8) is 0 Å². The lowest BCUT2D eigenvalue weighted by molar-refractivity contribution is 0.0918. The first kappa shape index (κ1) is 16.7. The van der Waals surface area contributed by atoms with Crippen molar-refractivity contribution in [3.8, 4) is 0 Å². The first-order chi connectivity index (χ1) is 11.8. The number of carbonyl (C=O) groups excluding carboxylic acids is 1. The van der Waals surface area contributed by atoms with Gasteiger partial charge in [0.15, 0.2) is 0 Å². The van der Waals surface area contributed by atoms with Gasteiger partial charge in [-0.1, -0.05) is 36.8 Å². The van der Waals surface area contributed by atoms with Gasteiger partial charge in [-0.15, -0.1) is 0 Å². The van der Waals surface area contributed by atoms with E-state index in [0.29, 0.717) is 12.2 Å². The van der Waals surface area contributed by atoms with Gasteiger partial charge in [-0.05, 0) is 44.5 Å². The van der Waals surface area contributed by atoms with Crippen LogP contribution in [0.4, 0.5) is 0 Å². The Morgan fingerprint density at radius 3 is 2.58 bits per heavy atom. The minimum Gasteiger partial charge on any atom is -0.349 e. The molecule has 2 aromatic rings. The molecule has 1 unspecified atom stereocenters. The molecule has 1 aromatic heterocycles. The van der Waals surface area contributed by atoms with Crippen LogP contribution in [-0.2, 0) is 6.54 Å². The molecule has 5 heteroatoms. The van der Waals surface area contributed by atoms with Gasteiger partial charge in [-0.25, -0.2) is 0 Å². The molecule has 1 atom stereocenters. The van der Waals surface area contributed by atoms with E-state index in [9.17, 15) is 4.79 Å². The second kappa shape index (κ2) is 8.11. The average molecular weight is 326 g/mol. The van der Waals surface area contributed by atoms with Crippen LogP contribution in [0.5, 0.6) is 0 Å². The van der Waals surface area contributed by atoms with E-state index in [1.165, 1.54) is 24.8 Å². The number of rotatable bonds is 6. The maximum absolute atomic E-state index is 12.4. The van der Waals surface area contributed by atoms with Gasteiger partial charge in [0.2, 0.25) is 0 Å². The molecule has 0 saturated carbocycles. The molecule has 1 aromatic carbocycles. The first-order valence-electron chi connectivity index (χ1n) is 8.88. The number of aryl methyl sites for hydroxylation is 1. The fraction of sp³-hybridized carbons (Fsp3) is 0.474. The third-order valence-electron chi connectivity index (χ3n) is 4.67. The fourth-order valence-electron chi connectivity index (χ4n) is 3.30. The van der Waals surface area contributed by atoms with Crippen molar-refractivity contribution in [2.75, 3.05) is 19.6 Å². The Morgan fingerprint density at radius 1 is 1.17 bits per heavy atom. The van der Waals surface area contributed by atoms with Gasteiger partial charge in [-0.3, -0.25) is 14.4 Å². The Bertz CT molecular complexity index is 646. The highest BCUT2D eigenvalue weighted by Crippen LogP contribution is 2.24. The van der Waals surface area contributed by atoms with Crippen LogP contribution in [0.2, 0.25) is 0 Å². The molecule has 24 heavy (non-hydrogen) atoms. The van der Waals surface area contributed by atoms with E-state index < -0.39 is 0 Å². The maximum Gasteiger partial charge on any atom is 0.271 e. The Morgan fingerprint density at radius 2 is 1.92 bits per heavy atom. The second-order valence-corrected chi connectivity index (χ2v) is 6.29. The van der Waals surface area contributed by atoms with Gasteiger partial charge in [0.25, 0.3) is 5.91 Å². The molecule has 1 aliphatic rings. The summed E-state index contributed by atoms with van der Waals surface area (Å²) in [6.07, 6.45) is 5.61. The van der Waals surface area contributed by atoms with Gasteiger partial charge >= 0.3 is 0 Å². The summed E-state index contributed by atoms with van der Waals surface area (Å²) >= 11 is 0. The summed E-state index contributed by atoms with van der Waals surface area (Å²) in [5, 5.41) is 7.36. The summed E-state index contributed by atoms with van der Waals surface area (Å²) in [5.74, 6) is -0.0971. The number of hydrogen-bond acceptors (Lipinski definition) is 3. The molecule has 0 aliphatic carbocycles. The van der Waals surface area contributed by atoms with Gasteiger partial charge in [0.05, 0.1) is 6.04 Å². The highest BCUT2D eigenvalue weighted by molar-refractivity contribution is 5.92. The lowest BCUT2D eigenvalue weighted by Gasteiger charge is -2.35. The van der Waals surface area contributed by atoms with Crippen molar-refractivity contribution >= 4 is 5.91 Å². The molecule has 5 nitrogen and oxygen atoms in total. The van der Waals surface area contributed by atoms with Crippen molar-refractivity contribution in [2.45, 2.75) is 38.8 Å². The van der Waals surface area contributed by atoms with E-state index in [1.54, 1.807) is 10.7 Å². The van der Waals surface area contributed by atoms with Crippen LogP contribution < -0.4 is 5.32 Å². The minimum atomic E-state index is -0.0971. The molecule has 1 fully saturated rings. The standard InChI is InChI=1S/C19H26N4O/c1-2-23-14-11-17(21-23)19(24)20-15-18(16-9-5-3-6-10-16)22-12-7-4-8-13-22/h3,5-6,9-11,14,18H,2,4,7-8,12-13,15H2,1H3,(H,20,24). The number of piperidine rings is 1. The largest absolute Gasteiger partial charge is 0.349 e. The number of nitrogens with one attached hydrogen (secondary N) is 1. The van der Waals surface area contributed by atoms with E-state index in [0.717, 1.165) is 19.6 Å². The van der Waals surface area contributed by atoms with E-state index in [-0.39, 0.29) is 11.9 Å². The van der Waals surface area contributed by atoms with Gasteiger partial charge in [0.1, 0.15) is 5.69 Å². The molecule has 1 N–H and O–H groups in total. The lowest BCUT2D eigenvalue weighted by Crippen LogP contribution is -2.40. The Balaban J connectivity index is 1.68. The fourth-order valence-corrected chi connectivity index (χ4v) is 3.30. The zero-order chi connectivity index (χ0) is 16.8. The number of amides is 1. The highest BCUT2D eigenvalue weighted by atomic mass is 16.1. The highest BCUT2D eigenvalue weighted by Gasteiger charge is 2.23. The predicted octanol–water partition coefficient (Wildman–Crippen LogP) is 2.86. The second-order valence-electron chi connectivity index (χ2n) is 6.29. The molecule has 1 saturated heterocycles. The number of nitrogens with zero attached hydrogens (tertiary/aromatic N) is 3. The number of aromatic nitrogens is 2. The van der Waals surface area contributed by atoms with Gasteiger partial charge < -0.3 is 5.32 Å². The minimum absolute atomic E-state index is 0.0971. The molecule has 128 valence electrons. The van der Waals surface area contributed by atoms with Crippen LogP contribution in [0.25, 0.3) is 0 Å². The number of carbonyl (C=O) groups is 1. The quantitative estimate of drug-likeness (QED) is 0.888. The van der Waals surface area contributed by atoms with Gasteiger partial charge in [0, 0.05) is 19.3 Å². The predicted molar refractivity (Wildman–Crippen MR) is 94.8 cm³/mol. The summed E-state index contributed by atoms with van der Waals surface area (Å²) in [5.41, 5.74) is 1.75. The molecular formula is C19H26N4O. The van der Waals surface area contributed by atoms with Crippen LogP contribution in [0.15, 0.2) is 42.6 Å². The van der Waals surface area contributed by atoms with Crippen LogP contribution in [0.1, 0.15) is 48.3 Å². The maximum atomic E-state index is 12.4. The van der Waals surface area contributed by atoms with Crippen LogP contribution in [0.3, 0.4) is 0 Å². The van der Waals surface area contributed by atoms with Crippen molar-refractivity contribution in [2.24, 2.45) is 0 Å². The van der Waals surface area contributed by atoms with Crippen LogP contribution >= 0.6 is 0 Å². The topological polar surface area (TPSA) is 50.2 Å². The monoisotopic (exact) mass is 326 g/mol. The zero-order valence-electron chi connectivity index (χ0n) is 14.3. The summed E-state index contributed by atoms with van der Waals surface area (Å²) in [4.78, 5) is 14.9. The number of likely N-dealkylation sites (tertiary alicyclic amines) is 1. The molecule has 3 rings (SSSR count). The third-order valence-corrected chi connectivity index (χ3v) is 4.67. The third kappa shape index (κ3) is 4.03. The molecule has 0 spiro atoms. The Labute approximate surface area is 143 Å². The molecule has 0 bridgehead atoms. The average Bonchev–Trinajstić information content (AvgIpc) is 3.13. The SMILES string of the molecule is CCn1ccc(C(=O)NCC(c2ccccc2)N2CCCCC2)n1. The number of hydrogen-bond donors (Lipinski definition) is 1. The van der Waals surface area contributed by atoms with E-state index in [4.69, 9.17) is 0 Å². The van der Waals surface area contributed by atoms with Crippen molar-refractivity contribution < 1.29 is 4.79 Å². The Kier molecular flexibility index (Phi) is 5.64. The smallest absolute Gasteiger partial charge is 0.271 e. The van der Waals surface area contributed by atoms with Crippen LogP contribution in [-0.4, -0.2) is 40.2 Å². The molecule has 1 aliphatic heterocycles. The van der Waals surface area contributed by atoms with E-state index in [2.05, 4.69) is 39.6 Å². The zero-order valence-corrected chi connectivity index (χ0v) is 14.3. The first-order valence-corrected chi connectivity index (χ1v) is 8.88.